The number of nitrogens with one attached hydrogen (secondary N) is 1. The molecule has 1 saturated heterocycles. The highest BCUT2D eigenvalue weighted by Crippen LogP contribution is 2.10. The summed E-state index contributed by atoms with van der Waals surface area (Å²) in [6.07, 6.45) is 2.36. The molecule has 0 aliphatic carbocycles. The standard InChI is InChI=1S/C16H23N3O2/c1-12(11-19-10-2-3-15(19)20)18-16(21)14-6-4-13(5-7-14)8-9-17/h4-7,12H,2-3,8-11,17H2,1H3,(H,18,21). The Kier molecular flexibility index (Phi) is 5.33. The molecule has 0 aromatic heterocycles. The molecule has 1 aromatic rings. The van der Waals surface area contributed by atoms with Gasteiger partial charge in [-0.1, -0.05) is 12.1 Å². The Morgan fingerprint density at radius 3 is 2.67 bits per heavy atom. The molecular formula is C16H23N3O2. The van der Waals surface area contributed by atoms with Crippen molar-refractivity contribution in [3.05, 3.63) is 35.4 Å². The second-order valence-corrected chi connectivity index (χ2v) is 5.55. The van der Waals surface area contributed by atoms with Crippen LogP contribution in [0.15, 0.2) is 24.3 Å². The SMILES string of the molecule is CC(CN1CCCC1=O)NC(=O)c1ccc(CCN)cc1. The third-order valence-electron chi connectivity index (χ3n) is 3.69. The first-order valence-corrected chi connectivity index (χ1v) is 7.48. The molecule has 5 heteroatoms. The topological polar surface area (TPSA) is 75.4 Å². The van der Waals surface area contributed by atoms with Gasteiger partial charge in [0.05, 0.1) is 0 Å². The smallest absolute Gasteiger partial charge is 0.251 e. The van der Waals surface area contributed by atoms with E-state index in [4.69, 9.17) is 5.73 Å². The van der Waals surface area contributed by atoms with Crippen LogP contribution < -0.4 is 11.1 Å². The number of carbonyl (C=O) groups excluding carboxylic acids is 2. The van der Waals surface area contributed by atoms with Crippen molar-refractivity contribution in [3.63, 3.8) is 0 Å². The van der Waals surface area contributed by atoms with Crippen LogP contribution in [0.25, 0.3) is 0 Å². The maximum absolute atomic E-state index is 12.1. The van der Waals surface area contributed by atoms with Crippen molar-refractivity contribution in [2.75, 3.05) is 19.6 Å². The van der Waals surface area contributed by atoms with Gasteiger partial charge < -0.3 is 16.0 Å². The van der Waals surface area contributed by atoms with Gasteiger partial charge in [-0.25, -0.2) is 0 Å². The fourth-order valence-corrected chi connectivity index (χ4v) is 2.57. The number of likely N-dealkylation sites (tertiary alicyclic amines) is 1. The van der Waals surface area contributed by atoms with Crippen molar-refractivity contribution in [1.29, 1.82) is 0 Å². The zero-order valence-corrected chi connectivity index (χ0v) is 12.5. The first-order valence-electron chi connectivity index (χ1n) is 7.48. The van der Waals surface area contributed by atoms with Gasteiger partial charge in [0.25, 0.3) is 5.91 Å². The van der Waals surface area contributed by atoms with E-state index in [9.17, 15) is 9.59 Å². The van der Waals surface area contributed by atoms with Gasteiger partial charge in [0.1, 0.15) is 0 Å². The lowest BCUT2D eigenvalue weighted by atomic mass is 10.1. The first-order chi connectivity index (χ1) is 10.1. The summed E-state index contributed by atoms with van der Waals surface area (Å²) in [5.74, 6) is 0.0793. The van der Waals surface area contributed by atoms with Crippen molar-refractivity contribution in [2.24, 2.45) is 5.73 Å². The third kappa shape index (κ3) is 4.29. The fourth-order valence-electron chi connectivity index (χ4n) is 2.57. The number of nitrogens with two attached hydrogens (primary N) is 1. The minimum absolute atomic E-state index is 0.0525. The predicted octanol–water partition coefficient (Wildman–Crippen LogP) is 0.929. The van der Waals surface area contributed by atoms with Crippen LogP contribution in [0.2, 0.25) is 0 Å². The molecule has 2 amide bonds. The highest BCUT2D eigenvalue weighted by Gasteiger charge is 2.22. The van der Waals surface area contributed by atoms with Gasteiger partial charge in [0.15, 0.2) is 0 Å². The molecule has 0 spiro atoms. The monoisotopic (exact) mass is 289 g/mol. The molecule has 1 fully saturated rings. The molecule has 114 valence electrons. The van der Waals surface area contributed by atoms with Crippen molar-refractivity contribution in [2.45, 2.75) is 32.2 Å². The molecule has 1 heterocycles. The number of amides is 2. The molecule has 21 heavy (non-hydrogen) atoms. The molecule has 1 aliphatic rings. The van der Waals surface area contributed by atoms with Crippen molar-refractivity contribution < 1.29 is 9.59 Å². The van der Waals surface area contributed by atoms with Gasteiger partial charge in [-0.2, -0.15) is 0 Å². The number of rotatable bonds is 6. The Hall–Kier alpha value is -1.88. The maximum Gasteiger partial charge on any atom is 0.251 e. The average molecular weight is 289 g/mol. The summed E-state index contributed by atoms with van der Waals surface area (Å²) < 4.78 is 0. The second-order valence-electron chi connectivity index (χ2n) is 5.55. The zero-order valence-electron chi connectivity index (χ0n) is 12.5. The van der Waals surface area contributed by atoms with E-state index in [0.717, 1.165) is 24.9 Å². The van der Waals surface area contributed by atoms with Crippen LogP contribution in [0, 0.1) is 0 Å². The van der Waals surface area contributed by atoms with Crippen molar-refractivity contribution in [1.82, 2.24) is 10.2 Å². The quantitative estimate of drug-likeness (QED) is 0.818. The lowest BCUT2D eigenvalue weighted by molar-refractivity contribution is -0.127. The number of nitrogens with zero attached hydrogens (tertiary/aromatic N) is 1. The van der Waals surface area contributed by atoms with Crippen LogP contribution in [-0.4, -0.2) is 42.4 Å². The molecule has 1 aromatic carbocycles. The Bertz CT molecular complexity index is 499. The molecule has 3 N–H and O–H groups in total. The summed E-state index contributed by atoms with van der Waals surface area (Å²) >= 11 is 0. The van der Waals surface area contributed by atoms with Gasteiger partial charge in [0, 0.05) is 31.1 Å². The van der Waals surface area contributed by atoms with Gasteiger partial charge in [-0.3, -0.25) is 9.59 Å². The Labute approximate surface area is 125 Å². The van der Waals surface area contributed by atoms with Crippen LogP contribution in [0.4, 0.5) is 0 Å². The molecule has 0 bridgehead atoms. The van der Waals surface area contributed by atoms with E-state index < -0.39 is 0 Å². The minimum Gasteiger partial charge on any atom is -0.348 e. The van der Waals surface area contributed by atoms with Gasteiger partial charge in [-0.15, -0.1) is 0 Å². The number of hydrogen-bond donors (Lipinski definition) is 2. The average Bonchev–Trinajstić information content (AvgIpc) is 2.85. The lowest BCUT2D eigenvalue weighted by Crippen LogP contribution is -2.42. The Balaban J connectivity index is 1.86. The van der Waals surface area contributed by atoms with E-state index in [1.54, 1.807) is 0 Å². The summed E-state index contributed by atoms with van der Waals surface area (Å²) in [6, 6.07) is 7.43. The second kappa shape index (κ2) is 7.22. The summed E-state index contributed by atoms with van der Waals surface area (Å²) in [6.45, 7) is 3.90. The molecule has 1 aliphatic heterocycles. The van der Waals surface area contributed by atoms with Crippen LogP contribution in [0.5, 0.6) is 0 Å². The number of benzene rings is 1. The van der Waals surface area contributed by atoms with Crippen LogP contribution in [0.1, 0.15) is 35.7 Å². The Morgan fingerprint density at radius 1 is 1.38 bits per heavy atom. The van der Waals surface area contributed by atoms with E-state index in [1.165, 1.54) is 0 Å². The maximum atomic E-state index is 12.1. The van der Waals surface area contributed by atoms with Crippen molar-refractivity contribution in [3.8, 4) is 0 Å². The number of hydrogen-bond acceptors (Lipinski definition) is 3. The Morgan fingerprint density at radius 2 is 2.10 bits per heavy atom. The summed E-state index contributed by atoms with van der Waals surface area (Å²) in [4.78, 5) is 25.5. The van der Waals surface area contributed by atoms with Crippen LogP contribution in [-0.2, 0) is 11.2 Å². The van der Waals surface area contributed by atoms with Gasteiger partial charge >= 0.3 is 0 Å². The van der Waals surface area contributed by atoms with Crippen molar-refractivity contribution >= 4 is 11.8 Å². The summed E-state index contributed by atoms with van der Waals surface area (Å²) in [5.41, 5.74) is 7.27. The first kappa shape index (κ1) is 15.5. The van der Waals surface area contributed by atoms with Crippen LogP contribution in [0.3, 0.4) is 0 Å². The van der Waals surface area contributed by atoms with E-state index in [2.05, 4.69) is 5.32 Å². The zero-order chi connectivity index (χ0) is 15.2. The molecule has 0 radical (unpaired) electrons. The molecular weight excluding hydrogens is 266 g/mol. The van der Waals surface area contributed by atoms with E-state index >= 15 is 0 Å². The van der Waals surface area contributed by atoms with Crippen LogP contribution >= 0.6 is 0 Å². The molecule has 0 saturated carbocycles. The lowest BCUT2D eigenvalue weighted by Gasteiger charge is -2.21. The van der Waals surface area contributed by atoms with Gasteiger partial charge in [0.2, 0.25) is 5.91 Å². The normalized spacial score (nSPS) is 16.1. The molecule has 1 unspecified atom stereocenters. The fraction of sp³-hybridized carbons (Fsp3) is 0.500. The van der Waals surface area contributed by atoms with E-state index in [1.807, 2.05) is 36.1 Å². The largest absolute Gasteiger partial charge is 0.348 e. The van der Waals surface area contributed by atoms with E-state index in [0.29, 0.717) is 25.1 Å². The predicted molar refractivity (Wildman–Crippen MR) is 81.9 cm³/mol. The number of carbonyl (C=O) groups is 2. The molecule has 5 nitrogen and oxygen atoms in total. The molecule has 2 rings (SSSR count). The third-order valence-corrected chi connectivity index (χ3v) is 3.69. The molecule has 1 atom stereocenters. The van der Waals surface area contributed by atoms with Gasteiger partial charge in [-0.05, 0) is 44.0 Å². The summed E-state index contributed by atoms with van der Waals surface area (Å²) in [7, 11) is 0. The van der Waals surface area contributed by atoms with E-state index in [-0.39, 0.29) is 17.9 Å². The minimum atomic E-state index is -0.103. The highest BCUT2D eigenvalue weighted by atomic mass is 16.2. The summed E-state index contributed by atoms with van der Waals surface area (Å²) in [5, 5.41) is 2.94. The highest BCUT2D eigenvalue weighted by molar-refractivity contribution is 5.94.